The predicted molar refractivity (Wildman–Crippen MR) is 113 cm³/mol. The van der Waals surface area contributed by atoms with E-state index in [2.05, 4.69) is 5.32 Å². The quantitative estimate of drug-likeness (QED) is 0.775. The third-order valence-corrected chi connectivity index (χ3v) is 5.56. The Balaban J connectivity index is 1.72. The summed E-state index contributed by atoms with van der Waals surface area (Å²) in [6, 6.07) is 10.7. The highest BCUT2D eigenvalue weighted by Gasteiger charge is 2.36. The molecule has 6 nitrogen and oxygen atoms in total. The molecular formula is C22H25ClN2O4. The number of nitrogens with zero attached hydrogens (tertiary/aromatic N) is 1. The molecule has 1 aliphatic heterocycles. The maximum atomic E-state index is 12.8. The molecule has 3 rings (SSSR count). The first kappa shape index (κ1) is 21.0. The fraction of sp³-hybridized carbons (Fsp3) is 0.364. The lowest BCUT2D eigenvalue weighted by Gasteiger charge is -2.21. The Morgan fingerprint density at radius 1 is 1.21 bits per heavy atom. The number of hydrogen-bond donors (Lipinski definition) is 1. The second-order valence-electron chi connectivity index (χ2n) is 7.15. The normalized spacial score (nSPS) is 17.2. The molecule has 1 aliphatic rings. The van der Waals surface area contributed by atoms with Crippen molar-refractivity contribution in [3.05, 3.63) is 52.5 Å². The van der Waals surface area contributed by atoms with Crippen LogP contribution in [0.25, 0.3) is 0 Å². The molecule has 2 aromatic rings. The van der Waals surface area contributed by atoms with Gasteiger partial charge in [0.15, 0.2) is 11.5 Å². The third kappa shape index (κ3) is 4.32. The average molecular weight is 417 g/mol. The molecule has 0 saturated carbocycles. The van der Waals surface area contributed by atoms with E-state index in [1.165, 1.54) is 0 Å². The highest BCUT2D eigenvalue weighted by atomic mass is 35.5. The summed E-state index contributed by atoms with van der Waals surface area (Å²) < 4.78 is 10.7. The molecule has 2 aromatic carbocycles. The van der Waals surface area contributed by atoms with Crippen molar-refractivity contribution < 1.29 is 19.1 Å². The zero-order valence-corrected chi connectivity index (χ0v) is 17.7. The van der Waals surface area contributed by atoms with E-state index in [9.17, 15) is 9.59 Å². The van der Waals surface area contributed by atoms with Crippen molar-refractivity contribution in [3.8, 4) is 11.5 Å². The Bertz CT molecular complexity index is 931. The fourth-order valence-electron chi connectivity index (χ4n) is 3.66. The lowest BCUT2D eigenvalue weighted by molar-refractivity contribution is -0.126. The third-order valence-electron chi connectivity index (χ3n) is 5.24. The van der Waals surface area contributed by atoms with E-state index >= 15 is 0 Å². The number of halogens is 1. The molecule has 2 amide bonds. The maximum Gasteiger partial charge on any atom is 0.227 e. The van der Waals surface area contributed by atoms with Gasteiger partial charge in [0.25, 0.3) is 0 Å². The van der Waals surface area contributed by atoms with Gasteiger partial charge >= 0.3 is 0 Å². The summed E-state index contributed by atoms with van der Waals surface area (Å²) in [7, 11) is 3.16. The molecule has 154 valence electrons. The number of rotatable bonds is 6. The molecule has 1 N–H and O–H groups in total. The van der Waals surface area contributed by atoms with Crippen LogP contribution in [-0.2, 0) is 9.59 Å². The lowest BCUT2D eigenvalue weighted by Crippen LogP contribution is -2.34. The number of anilines is 1. The molecule has 7 heteroatoms. The fourth-order valence-corrected chi connectivity index (χ4v) is 3.90. The van der Waals surface area contributed by atoms with Crippen LogP contribution < -0.4 is 19.7 Å². The van der Waals surface area contributed by atoms with Crippen LogP contribution in [0, 0.1) is 12.8 Å². The number of para-hydroxylation sites is 1. The first-order chi connectivity index (χ1) is 13.8. The van der Waals surface area contributed by atoms with Crippen LogP contribution in [0.1, 0.15) is 30.5 Å². The zero-order valence-electron chi connectivity index (χ0n) is 17.0. The number of methoxy groups -OCH3 is 2. The second kappa shape index (κ2) is 8.74. The Morgan fingerprint density at radius 2 is 1.86 bits per heavy atom. The molecule has 0 spiro atoms. The van der Waals surface area contributed by atoms with Crippen LogP contribution in [0.5, 0.6) is 11.5 Å². The zero-order chi connectivity index (χ0) is 21.1. The standard InChI is InChI=1S/C22H25ClN2O4/c1-13-9-19(28-3)20(29-4)11-16(13)14(2)24-22(27)15-10-21(26)25(12-15)18-8-6-5-7-17(18)23/h5-9,11,14-15H,10,12H2,1-4H3,(H,24,27). The number of carbonyl (C=O) groups is 2. The Morgan fingerprint density at radius 3 is 2.52 bits per heavy atom. The van der Waals surface area contributed by atoms with Gasteiger partial charge < -0.3 is 19.7 Å². The summed E-state index contributed by atoms with van der Waals surface area (Å²) in [5.41, 5.74) is 2.55. The number of ether oxygens (including phenoxy) is 2. The largest absolute Gasteiger partial charge is 0.493 e. The molecule has 0 aliphatic carbocycles. The second-order valence-corrected chi connectivity index (χ2v) is 7.56. The van der Waals surface area contributed by atoms with Gasteiger partial charge in [-0.05, 0) is 49.2 Å². The number of benzene rings is 2. The van der Waals surface area contributed by atoms with Gasteiger partial charge in [0.1, 0.15) is 0 Å². The van der Waals surface area contributed by atoms with Crippen LogP contribution in [-0.4, -0.2) is 32.6 Å². The number of carbonyl (C=O) groups excluding carboxylic acids is 2. The molecule has 1 fully saturated rings. The number of aryl methyl sites for hydroxylation is 1. The van der Waals surface area contributed by atoms with Gasteiger partial charge in [0.2, 0.25) is 11.8 Å². The minimum Gasteiger partial charge on any atom is -0.493 e. The van der Waals surface area contributed by atoms with Gasteiger partial charge in [-0.3, -0.25) is 9.59 Å². The van der Waals surface area contributed by atoms with Crippen molar-refractivity contribution in [3.63, 3.8) is 0 Å². The summed E-state index contributed by atoms with van der Waals surface area (Å²) >= 11 is 6.22. The highest BCUT2D eigenvalue weighted by molar-refractivity contribution is 6.33. The number of hydrogen-bond acceptors (Lipinski definition) is 4. The predicted octanol–water partition coefficient (Wildman–Crippen LogP) is 3.90. The van der Waals surface area contributed by atoms with Crippen LogP contribution >= 0.6 is 11.6 Å². The minimum absolute atomic E-state index is 0.104. The number of nitrogens with one attached hydrogen (secondary N) is 1. The summed E-state index contributed by atoms with van der Waals surface area (Å²) in [5.74, 6) is 0.559. The molecule has 1 saturated heterocycles. The summed E-state index contributed by atoms with van der Waals surface area (Å²) in [6.07, 6.45) is 0.161. The van der Waals surface area contributed by atoms with Gasteiger partial charge in [-0.2, -0.15) is 0 Å². The van der Waals surface area contributed by atoms with Gasteiger partial charge in [-0.25, -0.2) is 0 Å². The van der Waals surface area contributed by atoms with Crippen LogP contribution in [0.2, 0.25) is 5.02 Å². The van der Waals surface area contributed by atoms with Crippen molar-refractivity contribution in [2.75, 3.05) is 25.7 Å². The smallest absolute Gasteiger partial charge is 0.227 e. The van der Waals surface area contributed by atoms with Crippen molar-refractivity contribution in [2.24, 2.45) is 5.92 Å². The summed E-state index contributed by atoms with van der Waals surface area (Å²) in [4.78, 5) is 26.9. The molecule has 0 bridgehead atoms. The van der Waals surface area contributed by atoms with E-state index in [-0.39, 0.29) is 24.3 Å². The van der Waals surface area contributed by atoms with Crippen molar-refractivity contribution in [2.45, 2.75) is 26.3 Å². The molecular weight excluding hydrogens is 392 g/mol. The van der Waals surface area contributed by atoms with E-state index in [1.54, 1.807) is 31.3 Å². The van der Waals surface area contributed by atoms with Crippen molar-refractivity contribution in [1.82, 2.24) is 5.32 Å². The van der Waals surface area contributed by atoms with Gasteiger partial charge in [0, 0.05) is 13.0 Å². The van der Waals surface area contributed by atoms with E-state index in [1.807, 2.05) is 38.1 Å². The van der Waals surface area contributed by atoms with Gasteiger partial charge in [-0.1, -0.05) is 23.7 Å². The first-order valence-electron chi connectivity index (χ1n) is 9.43. The summed E-state index contributed by atoms with van der Waals surface area (Å²) in [6.45, 7) is 4.18. The van der Waals surface area contributed by atoms with E-state index < -0.39 is 5.92 Å². The SMILES string of the molecule is COc1cc(C)c(C(C)NC(=O)C2CC(=O)N(c3ccccc3Cl)C2)cc1OC. The van der Waals surface area contributed by atoms with E-state index in [0.29, 0.717) is 28.8 Å². The number of amides is 2. The van der Waals surface area contributed by atoms with E-state index in [0.717, 1.165) is 11.1 Å². The Hall–Kier alpha value is -2.73. The van der Waals surface area contributed by atoms with E-state index in [4.69, 9.17) is 21.1 Å². The molecule has 0 aromatic heterocycles. The molecule has 1 heterocycles. The Labute approximate surface area is 175 Å². The Kier molecular flexibility index (Phi) is 6.33. The van der Waals surface area contributed by atoms with Gasteiger partial charge in [0.05, 0.1) is 36.9 Å². The summed E-state index contributed by atoms with van der Waals surface area (Å²) in [5, 5.41) is 3.52. The van der Waals surface area contributed by atoms with Crippen molar-refractivity contribution in [1.29, 1.82) is 0 Å². The van der Waals surface area contributed by atoms with Crippen LogP contribution in [0.15, 0.2) is 36.4 Å². The molecule has 2 unspecified atom stereocenters. The topological polar surface area (TPSA) is 67.9 Å². The average Bonchev–Trinajstić information content (AvgIpc) is 3.09. The monoisotopic (exact) mass is 416 g/mol. The molecule has 2 atom stereocenters. The molecule has 29 heavy (non-hydrogen) atoms. The van der Waals surface area contributed by atoms with Gasteiger partial charge in [-0.15, -0.1) is 0 Å². The van der Waals surface area contributed by atoms with Crippen molar-refractivity contribution >= 4 is 29.1 Å². The minimum atomic E-state index is -0.429. The lowest BCUT2D eigenvalue weighted by atomic mass is 10.00. The first-order valence-corrected chi connectivity index (χ1v) is 9.81. The van der Waals surface area contributed by atoms with Crippen LogP contribution in [0.4, 0.5) is 5.69 Å². The van der Waals surface area contributed by atoms with Crippen LogP contribution in [0.3, 0.4) is 0 Å². The highest BCUT2D eigenvalue weighted by Crippen LogP contribution is 2.34. The molecule has 0 radical (unpaired) electrons. The maximum absolute atomic E-state index is 12.8.